The van der Waals surface area contributed by atoms with Gasteiger partial charge in [0.05, 0.1) is 0 Å². The number of rotatable bonds is 3. The molecule has 0 aromatic rings. The van der Waals surface area contributed by atoms with Crippen LogP contribution >= 0.6 is 0 Å². The van der Waals surface area contributed by atoms with Crippen molar-refractivity contribution >= 4 is 0 Å². The predicted molar refractivity (Wildman–Crippen MR) is 98.8 cm³/mol. The molecule has 1 saturated heterocycles. The summed E-state index contributed by atoms with van der Waals surface area (Å²) in [5, 5.41) is 17.7. The van der Waals surface area contributed by atoms with Crippen molar-refractivity contribution < 1.29 is 5.11 Å². The smallest absolute Gasteiger partial charge is 0.106 e. The van der Waals surface area contributed by atoms with Gasteiger partial charge in [0.25, 0.3) is 0 Å². The van der Waals surface area contributed by atoms with Crippen molar-refractivity contribution in [2.24, 2.45) is 17.8 Å². The summed E-state index contributed by atoms with van der Waals surface area (Å²) in [5.74, 6) is 2.81. The quantitative estimate of drug-likeness (QED) is 0.732. The van der Waals surface area contributed by atoms with E-state index in [-0.39, 0.29) is 6.23 Å². The third-order valence-corrected chi connectivity index (χ3v) is 7.76. The molecule has 4 aliphatic rings. The molecule has 4 rings (SSSR count). The molecule has 0 bridgehead atoms. The van der Waals surface area contributed by atoms with Gasteiger partial charge in [-0.2, -0.15) is 0 Å². The molecule has 1 heterocycles. The van der Waals surface area contributed by atoms with E-state index in [1.807, 2.05) is 0 Å². The number of aliphatic hydroxyl groups excluding tert-OH is 1. The van der Waals surface area contributed by atoms with Gasteiger partial charge in [-0.15, -0.1) is 0 Å². The second-order valence-corrected chi connectivity index (χ2v) is 9.26. The highest BCUT2D eigenvalue weighted by Gasteiger charge is 2.39. The molecule has 3 N–H and O–H groups in total. The normalized spacial score (nSPS) is 44.9. The summed E-state index contributed by atoms with van der Waals surface area (Å²) in [6.07, 6.45) is 19.0. The zero-order chi connectivity index (χ0) is 16.4. The van der Waals surface area contributed by atoms with Crippen molar-refractivity contribution in [1.29, 1.82) is 0 Å². The van der Waals surface area contributed by atoms with Crippen molar-refractivity contribution in [1.82, 2.24) is 10.6 Å². The van der Waals surface area contributed by atoms with E-state index < -0.39 is 0 Å². The monoisotopic (exact) mass is 334 g/mol. The Hall–Kier alpha value is -0.120. The van der Waals surface area contributed by atoms with Gasteiger partial charge < -0.3 is 10.4 Å². The molecule has 4 atom stereocenters. The van der Waals surface area contributed by atoms with Gasteiger partial charge in [0.2, 0.25) is 0 Å². The molecular weight excluding hydrogens is 296 g/mol. The van der Waals surface area contributed by atoms with Crippen LogP contribution in [-0.4, -0.2) is 29.5 Å². The average Bonchev–Trinajstić information content (AvgIpc) is 2.63. The van der Waals surface area contributed by atoms with Crippen molar-refractivity contribution in [3.8, 4) is 0 Å². The van der Waals surface area contributed by atoms with E-state index in [1.54, 1.807) is 0 Å². The van der Waals surface area contributed by atoms with Crippen LogP contribution in [0.25, 0.3) is 0 Å². The molecule has 1 aliphatic heterocycles. The minimum absolute atomic E-state index is 0.291. The van der Waals surface area contributed by atoms with Gasteiger partial charge in [0.15, 0.2) is 0 Å². The van der Waals surface area contributed by atoms with Crippen LogP contribution in [0.5, 0.6) is 0 Å². The van der Waals surface area contributed by atoms with Gasteiger partial charge in [-0.1, -0.05) is 44.9 Å². The zero-order valence-electron chi connectivity index (χ0n) is 15.4. The third-order valence-electron chi connectivity index (χ3n) is 7.76. The summed E-state index contributed by atoms with van der Waals surface area (Å²) in [7, 11) is 0. The fourth-order valence-electron chi connectivity index (χ4n) is 6.44. The number of aliphatic hydroxyl groups is 1. The molecule has 138 valence electrons. The minimum Gasteiger partial charge on any atom is -0.379 e. The molecule has 3 aliphatic carbocycles. The second-order valence-electron chi connectivity index (χ2n) is 9.26. The summed E-state index contributed by atoms with van der Waals surface area (Å²) in [4.78, 5) is 0. The van der Waals surface area contributed by atoms with Crippen LogP contribution in [0, 0.1) is 17.8 Å². The fraction of sp³-hybridized carbons (Fsp3) is 1.00. The van der Waals surface area contributed by atoms with Crippen LogP contribution < -0.4 is 10.6 Å². The van der Waals surface area contributed by atoms with Gasteiger partial charge in [0.1, 0.15) is 6.23 Å². The molecule has 0 amide bonds. The van der Waals surface area contributed by atoms with Gasteiger partial charge in [0, 0.05) is 24.5 Å². The predicted octanol–water partition coefficient (Wildman–Crippen LogP) is 3.95. The first-order chi connectivity index (χ1) is 11.8. The van der Waals surface area contributed by atoms with E-state index in [0.29, 0.717) is 18.1 Å². The van der Waals surface area contributed by atoms with E-state index in [1.165, 1.54) is 83.5 Å². The summed E-state index contributed by atoms with van der Waals surface area (Å²) in [6, 6.07) is 1.81. The molecule has 0 spiro atoms. The fourth-order valence-corrected chi connectivity index (χ4v) is 6.44. The highest BCUT2D eigenvalue weighted by molar-refractivity contribution is 4.96. The largest absolute Gasteiger partial charge is 0.379 e. The molecule has 0 aromatic carbocycles. The molecular formula is C21H38N2O. The first-order valence-electron chi connectivity index (χ1n) is 11.0. The maximum absolute atomic E-state index is 10.2. The van der Waals surface area contributed by atoms with E-state index in [2.05, 4.69) is 10.6 Å². The lowest BCUT2D eigenvalue weighted by Gasteiger charge is -2.46. The molecule has 24 heavy (non-hydrogen) atoms. The van der Waals surface area contributed by atoms with Crippen molar-refractivity contribution in [2.45, 2.75) is 114 Å². The van der Waals surface area contributed by atoms with Crippen molar-refractivity contribution in [3.63, 3.8) is 0 Å². The van der Waals surface area contributed by atoms with Crippen LogP contribution in [0.2, 0.25) is 0 Å². The molecule has 0 aromatic heterocycles. The summed E-state index contributed by atoms with van der Waals surface area (Å²) in [5.41, 5.74) is 0. The first-order valence-corrected chi connectivity index (χ1v) is 11.0. The maximum atomic E-state index is 10.2. The van der Waals surface area contributed by atoms with Gasteiger partial charge in [-0.25, -0.2) is 0 Å². The SMILES string of the molecule is OC1CC(NC2CCC(C3CCCCC3)CC2)C2CCCCC2N1. The standard InChI is InChI=1S/C21H38N2O/c24-21-14-20(18-8-4-5-9-19(18)23-21)22-17-12-10-16(11-13-17)15-6-2-1-3-7-15/h15-24H,1-14H2. The Morgan fingerprint density at radius 2 is 1.38 bits per heavy atom. The summed E-state index contributed by atoms with van der Waals surface area (Å²) >= 11 is 0. The average molecular weight is 335 g/mol. The molecule has 3 saturated carbocycles. The third kappa shape index (κ3) is 3.99. The molecule has 4 fully saturated rings. The summed E-state index contributed by atoms with van der Waals surface area (Å²) < 4.78 is 0. The Bertz CT molecular complexity index is 387. The highest BCUT2D eigenvalue weighted by atomic mass is 16.3. The Morgan fingerprint density at radius 1 is 0.708 bits per heavy atom. The van der Waals surface area contributed by atoms with Crippen LogP contribution in [-0.2, 0) is 0 Å². The van der Waals surface area contributed by atoms with Crippen molar-refractivity contribution in [2.75, 3.05) is 0 Å². The van der Waals surface area contributed by atoms with Gasteiger partial charge >= 0.3 is 0 Å². The first kappa shape index (κ1) is 17.3. The number of hydrogen-bond acceptors (Lipinski definition) is 3. The lowest BCUT2D eigenvalue weighted by Crippen LogP contribution is -2.60. The maximum Gasteiger partial charge on any atom is 0.106 e. The van der Waals surface area contributed by atoms with Crippen LogP contribution in [0.3, 0.4) is 0 Å². The topological polar surface area (TPSA) is 44.3 Å². The van der Waals surface area contributed by atoms with Crippen LogP contribution in [0.4, 0.5) is 0 Å². The van der Waals surface area contributed by atoms with E-state index in [9.17, 15) is 5.11 Å². The molecule has 0 radical (unpaired) electrons. The Kier molecular flexibility index (Phi) is 5.81. The number of fused-ring (bicyclic) bond motifs is 1. The van der Waals surface area contributed by atoms with Crippen LogP contribution in [0.1, 0.15) is 89.9 Å². The second kappa shape index (κ2) is 8.05. The Labute approximate surface area is 148 Å². The van der Waals surface area contributed by atoms with E-state index in [4.69, 9.17) is 0 Å². The summed E-state index contributed by atoms with van der Waals surface area (Å²) in [6.45, 7) is 0. The minimum atomic E-state index is -0.291. The number of piperidine rings is 1. The zero-order valence-corrected chi connectivity index (χ0v) is 15.4. The number of nitrogens with one attached hydrogen (secondary N) is 2. The molecule has 4 unspecified atom stereocenters. The van der Waals surface area contributed by atoms with Gasteiger partial charge in [-0.05, 0) is 56.3 Å². The Balaban J connectivity index is 1.28. The van der Waals surface area contributed by atoms with Crippen LogP contribution in [0.15, 0.2) is 0 Å². The lowest BCUT2D eigenvalue weighted by atomic mass is 9.71. The lowest BCUT2D eigenvalue weighted by molar-refractivity contribution is 0.0159. The van der Waals surface area contributed by atoms with Gasteiger partial charge in [-0.3, -0.25) is 5.32 Å². The number of hydrogen-bond donors (Lipinski definition) is 3. The Morgan fingerprint density at radius 3 is 2.17 bits per heavy atom. The molecule has 3 heteroatoms. The highest BCUT2D eigenvalue weighted by Crippen LogP contribution is 2.39. The van der Waals surface area contributed by atoms with E-state index in [0.717, 1.165) is 24.2 Å². The van der Waals surface area contributed by atoms with E-state index >= 15 is 0 Å². The molecule has 3 nitrogen and oxygen atoms in total. The van der Waals surface area contributed by atoms with Crippen molar-refractivity contribution in [3.05, 3.63) is 0 Å².